The highest BCUT2D eigenvalue weighted by atomic mass is 16.5. The lowest BCUT2D eigenvalue weighted by Crippen LogP contribution is -2.41. The van der Waals surface area contributed by atoms with Crippen LogP contribution in [0.25, 0.3) is 11.1 Å². The van der Waals surface area contributed by atoms with Gasteiger partial charge >= 0.3 is 0 Å². The first-order valence-electron chi connectivity index (χ1n) is 12.6. The molecule has 0 radical (unpaired) electrons. The molecular formula is C28H32N4O2. The number of hydrogen-bond acceptors (Lipinski definition) is 4. The Hall–Kier alpha value is -3.12. The van der Waals surface area contributed by atoms with E-state index in [9.17, 15) is 4.79 Å². The molecule has 176 valence electrons. The summed E-state index contributed by atoms with van der Waals surface area (Å²) in [6.07, 6.45) is 9.30. The first-order chi connectivity index (χ1) is 16.7. The predicted molar refractivity (Wildman–Crippen MR) is 132 cm³/mol. The number of carbonyl (C=O) groups excluding carboxylic acids is 1. The fraction of sp³-hybridized carbons (Fsp3) is 0.429. The first kappa shape index (κ1) is 21.4. The van der Waals surface area contributed by atoms with Gasteiger partial charge in [0, 0.05) is 56.2 Å². The molecule has 0 N–H and O–H groups in total. The van der Waals surface area contributed by atoms with Crippen molar-refractivity contribution >= 4 is 11.6 Å². The summed E-state index contributed by atoms with van der Waals surface area (Å²) >= 11 is 0. The van der Waals surface area contributed by atoms with Crippen LogP contribution in [0.5, 0.6) is 0 Å². The van der Waals surface area contributed by atoms with Crippen molar-refractivity contribution in [3.05, 3.63) is 72.1 Å². The van der Waals surface area contributed by atoms with Crippen molar-refractivity contribution in [2.45, 2.75) is 51.4 Å². The maximum Gasteiger partial charge on any atom is 0.226 e. The molecule has 0 bridgehead atoms. The Kier molecular flexibility index (Phi) is 5.83. The minimum absolute atomic E-state index is 0.0699. The average Bonchev–Trinajstić information content (AvgIpc) is 3.57. The minimum atomic E-state index is 0.0699. The maximum absolute atomic E-state index is 13.1. The molecule has 0 saturated carbocycles. The highest BCUT2D eigenvalue weighted by Gasteiger charge is 2.31. The molecule has 2 aromatic carbocycles. The lowest BCUT2D eigenvalue weighted by atomic mass is 9.94. The van der Waals surface area contributed by atoms with E-state index in [2.05, 4.69) is 64.7 Å². The second-order valence-corrected chi connectivity index (χ2v) is 9.80. The summed E-state index contributed by atoms with van der Waals surface area (Å²) < 4.78 is 7.81. The molecule has 6 nitrogen and oxygen atoms in total. The molecular weight excluding hydrogens is 424 g/mol. The third-order valence-electron chi connectivity index (χ3n) is 7.61. The summed E-state index contributed by atoms with van der Waals surface area (Å²) in [4.78, 5) is 17.6. The normalized spacial score (nSPS) is 21.0. The Morgan fingerprint density at radius 1 is 0.882 bits per heavy atom. The smallest absolute Gasteiger partial charge is 0.226 e. The summed E-state index contributed by atoms with van der Waals surface area (Å²) in [6.45, 7) is 4.20. The van der Waals surface area contributed by atoms with Gasteiger partial charge in [-0.3, -0.25) is 4.79 Å². The van der Waals surface area contributed by atoms with Crippen LogP contribution in [0.3, 0.4) is 0 Å². The lowest BCUT2D eigenvalue weighted by molar-refractivity contribution is -0.136. The van der Waals surface area contributed by atoms with Gasteiger partial charge in [-0.1, -0.05) is 36.4 Å². The van der Waals surface area contributed by atoms with Crippen LogP contribution in [0.2, 0.25) is 0 Å². The van der Waals surface area contributed by atoms with Gasteiger partial charge < -0.3 is 14.5 Å². The number of fused-ring (bicyclic) bond motifs is 1. The molecule has 2 saturated heterocycles. The maximum atomic E-state index is 13.1. The van der Waals surface area contributed by atoms with Gasteiger partial charge in [0.1, 0.15) is 6.23 Å². The summed E-state index contributed by atoms with van der Waals surface area (Å²) in [7, 11) is 0. The molecule has 1 aromatic heterocycles. The topological polar surface area (TPSA) is 50.6 Å². The largest absolute Gasteiger partial charge is 0.371 e. The van der Waals surface area contributed by atoms with Crippen LogP contribution in [0, 0.1) is 5.92 Å². The van der Waals surface area contributed by atoms with Gasteiger partial charge in [-0.25, -0.2) is 4.68 Å². The second kappa shape index (κ2) is 9.26. The highest BCUT2D eigenvalue weighted by Crippen LogP contribution is 2.31. The molecule has 3 aromatic rings. The molecule has 6 rings (SSSR count). The van der Waals surface area contributed by atoms with Crippen LogP contribution in [0.15, 0.2) is 60.9 Å². The second-order valence-electron chi connectivity index (χ2n) is 9.80. The summed E-state index contributed by atoms with van der Waals surface area (Å²) in [5, 5.41) is 4.54. The Morgan fingerprint density at radius 3 is 2.29 bits per heavy atom. The quantitative estimate of drug-likeness (QED) is 0.554. The predicted octanol–water partition coefficient (Wildman–Crippen LogP) is 5.01. The van der Waals surface area contributed by atoms with Crippen molar-refractivity contribution in [3.63, 3.8) is 0 Å². The monoisotopic (exact) mass is 456 g/mol. The van der Waals surface area contributed by atoms with E-state index in [1.807, 2.05) is 15.8 Å². The van der Waals surface area contributed by atoms with E-state index in [1.165, 1.54) is 28.8 Å². The molecule has 34 heavy (non-hydrogen) atoms. The Morgan fingerprint density at radius 2 is 1.62 bits per heavy atom. The van der Waals surface area contributed by atoms with E-state index in [0.29, 0.717) is 5.91 Å². The van der Waals surface area contributed by atoms with Crippen molar-refractivity contribution in [3.8, 4) is 11.1 Å². The molecule has 3 aliphatic rings. The molecule has 0 aliphatic carbocycles. The van der Waals surface area contributed by atoms with Gasteiger partial charge in [0.25, 0.3) is 0 Å². The number of hydrogen-bond donors (Lipinski definition) is 0. The molecule has 6 heteroatoms. The molecule has 1 atom stereocenters. The van der Waals surface area contributed by atoms with Gasteiger partial charge in [-0.05, 0) is 60.9 Å². The number of carbonyl (C=O) groups is 1. The Labute approximate surface area is 201 Å². The van der Waals surface area contributed by atoms with Crippen LogP contribution >= 0.6 is 0 Å². The van der Waals surface area contributed by atoms with Crippen molar-refractivity contribution in [2.24, 2.45) is 5.92 Å². The molecule has 0 spiro atoms. The van der Waals surface area contributed by atoms with Crippen LogP contribution in [-0.2, 0) is 22.6 Å². The van der Waals surface area contributed by atoms with Gasteiger partial charge in [0.2, 0.25) is 5.91 Å². The highest BCUT2D eigenvalue weighted by molar-refractivity contribution is 5.80. The van der Waals surface area contributed by atoms with Crippen molar-refractivity contribution in [1.82, 2.24) is 14.7 Å². The summed E-state index contributed by atoms with van der Waals surface area (Å²) in [6, 6.07) is 17.2. The third-order valence-corrected chi connectivity index (χ3v) is 7.61. The fourth-order valence-electron chi connectivity index (χ4n) is 5.57. The molecule has 4 heterocycles. The zero-order valence-corrected chi connectivity index (χ0v) is 19.6. The van der Waals surface area contributed by atoms with Gasteiger partial charge in [-0.2, -0.15) is 5.10 Å². The van der Waals surface area contributed by atoms with Crippen LogP contribution in [0.1, 0.15) is 49.5 Å². The molecule has 1 amide bonds. The van der Waals surface area contributed by atoms with E-state index in [4.69, 9.17) is 4.74 Å². The van der Waals surface area contributed by atoms with E-state index < -0.39 is 0 Å². The van der Waals surface area contributed by atoms with Crippen molar-refractivity contribution < 1.29 is 9.53 Å². The number of nitrogens with zero attached hydrogens (tertiary/aromatic N) is 4. The number of ether oxygens (including phenoxy) is 1. The number of rotatable bonds is 4. The van der Waals surface area contributed by atoms with Gasteiger partial charge in [0.15, 0.2) is 0 Å². The van der Waals surface area contributed by atoms with Crippen molar-refractivity contribution in [2.75, 3.05) is 24.6 Å². The van der Waals surface area contributed by atoms with Crippen molar-refractivity contribution in [1.29, 1.82) is 0 Å². The average molecular weight is 457 g/mol. The van der Waals surface area contributed by atoms with E-state index >= 15 is 0 Å². The first-order valence-corrected chi connectivity index (χ1v) is 12.6. The van der Waals surface area contributed by atoms with Gasteiger partial charge in [0.05, 0.1) is 6.20 Å². The summed E-state index contributed by atoms with van der Waals surface area (Å²) in [5.41, 5.74) is 6.11. The zero-order valence-electron chi connectivity index (χ0n) is 19.6. The van der Waals surface area contributed by atoms with Crippen LogP contribution in [-0.4, -0.2) is 40.3 Å². The Balaban J connectivity index is 1.05. The number of benzene rings is 2. The van der Waals surface area contributed by atoms with Crippen LogP contribution in [0.4, 0.5) is 5.69 Å². The molecule has 1 unspecified atom stereocenters. The van der Waals surface area contributed by atoms with E-state index in [1.54, 1.807) is 0 Å². The number of aromatic nitrogens is 2. The number of amides is 1. The number of anilines is 1. The van der Waals surface area contributed by atoms with Crippen LogP contribution < -0.4 is 4.90 Å². The van der Waals surface area contributed by atoms with E-state index in [-0.39, 0.29) is 12.1 Å². The number of piperidine rings is 1. The molecule has 3 aliphatic heterocycles. The third kappa shape index (κ3) is 4.23. The SMILES string of the molecule is O=C(C1CCN(c2ccc(-c3cnn(C4CCCCO4)c3)cc2)CC1)N1Cc2ccccc2C1. The zero-order chi connectivity index (χ0) is 22.9. The fourth-order valence-corrected chi connectivity index (χ4v) is 5.57. The minimum Gasteiger partial charge on any atom is -0.371 e. The van der Waals surface area contributed by atoms with Gasteiger partial charge in [-0.15, -0.1) is 0 Å². The standard InChI is InChI=1S/C28H32N4O2/c33-28(31-18-23-5-1-2-6-24(23)19-31)22-12-14-30(15-13-22)26-10-8-21(9-11-26)25-17-29-32(20-25)27-7-3-4-16-34-27/h1-2,5-6,8-11,17,20,22,27H,3-4,7,12-16,18-19H2. The van der Waals surface area contributed by atoms with E-state index in [0.717, 1.165) is 64.0 Å². The lowest BCUT2D eigenvalue weighted by Gasteiger charge is -2.34. The Bertz CT molecular complexity index is 1120. The summed E-state index contributed by atoms with van der Waals surface area (Å²) in [5.74, 6) is 0.461. The molecule has 2 fully saturated rings.